The van der Waals surface area contributed by atoms with Crippen molar-refractivity contribution in [2.45, 2.75) is 45.4 Å². The van der Waals surface area contributed by atoms with Crippen LogP contribution in [0.5, 0.6) is 0 Å². The van der Waals surface area contributed by atoms with Gasteiger partial charge in [0.2, 0.25) is 0 Å². The van der Waals surface area contributed by atoms with Gasteiger partial charge in [0.25, 0.3) is 0 Å². The summed E-state index contributed by atoms with van der Waals surface area (Å²) < 4.78 is 0. The maximum Gasteiger partial charge on any atom is 0.190 e. The van der Waals surface area contributed by atoms with Gasteiger partial charge in [-0.05, 0) is 36.8 Å². The van der Waals surface area contributed by atoms with Crippen LogP contribution in [0, 0.1) is 11.8 Å². The second-order valence-electron chi connectivity index (χ2n) is 6.25. The summed E-state index contributed by atoms with van der Waals surface area (Å²) in [5, 5.41) is 6.85. The average Bonchev–Trinajstić information content (AvgIpc) is 2.59. The van der Waals surface area contributed by atoms with Crippen molar-refractivity contribution in [1.29, 1.82) is 0 Å². The van der Waals surface area contributed by atoms with E-state index in [9.17, 15) is 0 Å². The molecule has 0 saturated heterocycles. The zero-order valence-corrected chi connectivity index (χ0v) is 16.8. The molecule has 1 aromatic heterocycles. The monoisotopic (exact) mass is 430 g/mol. The molecule has 0 unspecified atom stereocenters. The second kappa shape index (κ2) is 11.6. The zero-order chi connectivity index (χ0) is 15.6. The molecule has 1 saturated carbocycles. The van der Waals surface area contributed by atoms with Gasteiger partial charge in [-0.1, -0.05) is 32.3 Å². The van der Waals surface area contributed by atoms with Crippen molar-refractivity contribution < 1.29 is 0 Å². The van der Waals surface area contributed by atoms with E-state index in [-0.39, 0.29) is 24.0 Å². The number of nitrogens with one attached hydrogen (secondary N) is 2. The first-order valence-electron chi connectivity index (χ1n) is 8.66. The van der Waals surface area contributed by atoms with Crippen LogP contribution in [-0.4, -0.2) is 31.1 Å². The normalized spacial score (nSPS) is 21.4. The van der Waals surface area contributed by atoms with Crippen molar-refractivity contribution >= 4 is 29.9 Å². The van der Waals surface area contributed by atoms with Crippen molar-refractivity contribution in [1.82, 2.24) is 15.6 Å². The van der Waals surface area contributed by atoms with Crippen LogP contribution in [0.3, 0.4) is 0 Å². The maximum atomic E-state index is 4.34. The van der Waals surface area contributed by atoms with Gasteiger partial charge in [-0.2, -0.15) is 0 Å². The summed E-state index contributed by atoms with van der Waals surface area (Å²) >= 11 is 0. The van der Waals surface area contributed by atoms with Crippen LogP contribution in [0.2, 0.25) is 0 Å². The summed E-state index contributed by atoms with van der Waals surface area (Å²) in [6, 6.07) is 6.04. The number of aliphatic imine (C=N–C) groups is 1. The van der Waals surface area contributed by atoms with Crippen LogP contribution in [0.1, 0.15) is 44.7 Å². The Morgan fingerprint density at radius 1 is 1.17 bits per heavy atom. The lowest BCUT2D eigenvalue weighted by Gasteiger charge is -2.28. The number of pyridine rings is 1. The van der Waals surface area contributed by atoms with E-state index < -0.39 is 0 Å². The molecule has 0 atom stereocenters. The van der Waals surface area contributed by atoms with Crippen LogP contribution in [0.15, 0.2) is 29.4 Å². The van der Waals surface area contributed by atoms with Crippen LogP contribution in [0.4, 0.5) is 0 Å². The standard InChI is InChI=1S/C18H30N4.HI/c1-3-15-7-9-16(10-8-15)14-22-18(19-2)21-13-11-17-6-4-5-12-20-17;/h4-6,12,15-16H,3,7-11,13-14H2,1-2H3,(H2,19,21,22);1H. The lowest BCUT2D eigenvalue weighted by Crippen LogP contribution is -2.41. The molecule has 4 nitrogen and oxygen atoms in total. The van der Waals surface area contributed by atoms with Gasteiger partial charge in [-0.15, -0.1) is 24.0 Å². The fourth-order valence-corrected chi connectivity index (χ4v) is 3.16. The highest BCUT2D eigenvalue weighted by molar-refractivity contribution is 14.0. The minimum atomic E-state index is 0. The van der Waals surface area contributed by atoms with Crippen LogP contribution in [-0.2, 0) is 6.42 Å². The van der Waals surface area contributed by atoms with Crippen molar-refractivity contribution in [3.63, 3.8) is 0 Å². The summed E-state index contributed by atoms with van der Waals surface area (Å²) in [5.41, 5.74) is 1.11. The first kappa shape index (κ1) is 20.2. The molecule has 1 aromatic rings. The van der Waals surface area contributed by atoms with Gasteiger partial charge in [0.05, 0.1) is 0 Å². The largest absolute Gasteiger partial charge is 0.356 e. The Bertz CT molecular complexity index is 442. The predicted molar refractivity (Wildman–Crippen MR) is 108 cm³/mol. The third kappa shape index (κ3) is 7.50. The Kier molecular flexibility index (Phi) is 10.2. The maximum absolute atomic E-state index is 4.34. The second-order valence-corrected chi connectivity index (χ2v) is 6.25. The zero-order valence-electron chi connectivity index (χ0n) is 14.4. The summed E-state index contributed by atoms with van der Waals surface area (Å²) in [6.07, 6.45) is 9.62. The Morgan fingerprint density at radius 2 is 1.91 bits per heavy atom. The van der Waals surface area contributed by atoms with E-state index in [1.807, 2.05) is 25.4 Å². The smallest absolute Gasteiger partial charge is 0.190 e. The third-order valence-corrected chi connectivity index (χ3v) is 4.73. The first-order valence-corrected chi connectivity index (χ1v) is 8.66. The van der Waals surface area contributed by atoms with Crippen molar-refractivity contribution in [2.24, 2.45) is 16.8 Å². The van der Waals surface area contributed by atoms with Gasteiger partial charge in [-0.25, -0.2) is 0 Å². The number of guanidine groups is 1. The highest BCUT2D eigenvalue weighted by atomic mass is 127. The summed E-state index contributed by atoms with van der Waals surface area (Å²) in [7, 11) is 1.84. The molecule has 1 fully saturated rings. The topological polar surface area (TPSA) is 49.3 Å². The predicted octanol–water partition coefficient (Wildman–Crippen LogP) is 3.62. The van der Waals surface area contributed by atoms with Crippen LogP contribution in [0.25, 0.3) is 0 Å². The lowest BCUT2D eigenvalue weighted by atomic mass is 9.81. The minimum Gasteiger partial charge on any atom is -0.356 e. The van der Waals surface area contributed by atoms with Gasteiger partial charge >= 0.3 is 0 Å². The molecule has 1 aliphatic carbocycles. The van der Waals surface area contributed by atoms with E-state index in [0.717, 1.165) is 43.0 Å². The molecule has 130 valence electrons. The number of hydrogen-bond acceptors (Lipinski definition) is 2. The number of hydrogen-bond donors (Lipinski definition) is 2. The summed E-state index contributed by atoms with van der Waals surface area (Å²) in [6.45, 7) is 4.22. The molecule has 5 heteroatoms. The summed E-state index contributed by atoms with van der Waals surface area (Å²) in [5.74, 6) is 2.68. The Balaban J connectivity index is 0.00000264. The van der Waals surface area contributed by atoms with E-state index in [1.165, 1.54) is 32.1 Å². The summed E-state index contributed by atoms with van der Waals surface area (Å²) in [4.78, 5) is 8.64. The molecular formula is C18H31IN4. The molecule has 0 bridgehead atoms. The molecule has 0 aliphatic heterocycles. The number of aromatic nitrogens is 1. The molecular weight excluding hydrogens is 399 g/mol. The third-order valence-electron chi connectivity index (χ3n) is 4.73. The van der Waals surface area contributed by atoms with E-state index in [0.29, 0.717) is 0 Å². The van der Waals surface area contributed by atoms with Crippen LogP contribution >= 0.6 is 24.0 Å². The number of halogens is 1. The fraction of sp³-hybridized carbons (Fsp3) is 0.667. The first-order chi connectivity index (χ1) is 10.8. The number of rotatable bonds is 6. The van der Waals surface area contributed by atoms with E-state index in [4.69, 9.17) is 0 Å². The van der Waals surface area contributed by atoms with Gasteiger partial charge in [-0.3, -0.25) is 9.98 Å². The molecule has 0 amide bonds. The average molecular weight is 430 g/mol. The van der Waals surface area contributed by atoms with Crippen molar-refractivity contribution in [3.8, 4) is 0 Å². The van der Waals surface area contributed by atoms with Crippen LogP contribution < -0.4 is 10.6 Å². The van der Waals surface area contributed by atoms with Crippen molar-refractivity contribution in [3.05, 3.63) is 30.1 Å². The molecule has 0 aromatic carbocycles. The Labute approximate surface area is 158 Å². The lowest BCUT2D eigenvalue weighted by molar-refractivity contribution is 0.269. The quantitative estimate of drug-likeness (QED) is 0.412. The molecule has 1 aliphatic rings. The van der Waals surface area contributed by atoms with E-state index >= 15 is 0 Å². The minimum absolute atomic E-state index is 0. The van der Waals surface area contributed by atoms with E-state index in [2.05, 4.69) is 33.6 Å². The molecule has 0 spiro atoms. The van der Waals surface area contributed by atoms with Gasteiger partial charge in [0, 0.05) is 38.4 Å². The molecule has 1 heterocycles. The Morgan fingerprint density at radius 3 is 2.52 bits per heavy atom. The van der Waals surface area contributed by atoms with Gasteiger partial charge in [0.1, 0.15) is 0 Å². The number of nitrogens with zero attached hydrogens (tertiary/aromatic N) is 2. The molecule has 23 heavy (non-hydrogen) atoms. The molecule has 2 rings (SSSR count). The van der Waals surface area contributed by atoms with Crippen molar-refractivity contribution in [2.75, 3.05) is 20.1 Å². The SMILES string of the molecule is CCC1CCC(CNC(=NC)NCCc2ccccn2)CC1.I. The molecule has 2 N–H and O–H groups in total. The highest BCUT2D eigenvalue weighted by Crippen LogP contribution is 2.29. The van der Waals surface area contributed by atoms with Gasteiger partial charge < -0.3 is 10.6 Å². The fourth-order valence-electron chi connectivity index (χ4n) is 3.16. The van der Waals surface area contributed by atoms with E-state index in [1.54, 1.807) is 0 Å². The highest BCUT2D eigenvalue weighted by Gasteiger charge is 2.19. The van der Waals surface area contributed by atoms with Gasteiger partial charge in [0.15, 0.2) is 5.96 Å². The Hall–Kier alpha value is -0.850. The molecule has 0 radical (unpaired) electrons.